The summed E-state index contributed by atoms with van der Waals surface area (Å²) in [6.07, 6.45) is 1.52. The predicted molar refractivity (Wildman–Crippen MR) is 131 cm³/mol. The standard InChI is InChI=1S/C24H24Cl2FN5O2/c1-12-22-13(6-15(25)7-17(22)26)3-5-32(12)21(33)11-29-20-9-19-16(8-18(20)27)24(34)31-23(30-19)14-2-4-28-10-14/h6-9,12,14,28-29H,2-5,10-11H2,1H3,(H,30,31,34)/t12-,14-/m0/s1. The molecule has 0 unspecified atom stereocenters. The van der Waals surface area contributed by atoms with Gasteiger partial charge < -0.3 is 20.5 Å². The topological polar surface area (TPSA) is 90.1 Å². The van der Waals surface area contributed by atoms with E-state index in [4.69, 9.17) is 23.2 Å². The van der Waals surface area contributed by atoms with Gasteiger partial charge in [-0.25, -0.2) is 9.37 Å². The molecule has 0 spiro atoms. The van der Waals surface area contributed by atoms with Crippen molar-refractivity contribution in [2.24, 2.45) is 0 Å². The molecule has 178 valence electrons. The van der Waals surface area contributed by atoms with Gasteiger partial charge in [-0.05, 0) is 61.7 Å². The van der Waals surface area contributed by atoms with Crippen molar-refractivity contribution in [2.75, 3.05) is 31.5 Å². The number of carbonyl (C=O) groups excluding carboxylic acids is 1. The number of hydrogen-bond acceptors (Lipinski definition) is 5. The van der Waals surface area contributed by atoms with Gasteiger partial charge in [0.2, 0.25) is 5.91 Å². The van der Waals surface area contributed by atoms with Gasteiger partial charge in [0.15, 0.2) is 0 Å². The Balaban J connectivity index is 1.35. The van der Waals surface area contributed by atoms with Gasteiger partial charge in [-0.15, -0.1) is 0 Å². The third kappa shape index (κ3) is 4.26. The summed E-state index contributed by atoms with van der Waals surface area (Å²) in [7, 11) is 0. The lowest BCUT2D eigenvalue weighted by Crippen LogP contribution is -2.42. The Bertz CT molecular complexity index is 1340. The number of amides is 1. The number of anilines is 1. The van der Waals surface area contributed by atoms with E-state index >= 15 is 0 Å². The zero-order valence-corrected chi connectivity index (χ0v) is 20.1. The molecule has 1 amide bonds. The monoisotopic (exact) mass is 503 g/mol. The predicted octanol–water partition coefficient (Wildman–Crippen LogP) is 4.00. The number of aromatic amines is 1. The van der Waals surface area contributed by atoms with E-state index in [1.165, 1.54) is 6.07 Å². The summed E-state index contributed by atoms with van der Waals surface area (Å²) >= 11 is 12.5. The summed E-state index contributed by atoms with van der Waals surface area (Å²) in [5.41, 5.74) is 2.08. The second kappa shape index (κ2) is 9.17. The first-order valence-corrected chi connectivity index (χ1v) is 12.0. The molecule has 0 bridgehead atoms. The number of carbonyl (C=O) groups is 1. The highest BCUT2D eigenvalue weighted by Crippen LogP contribution is 2.37. The van der Waals surface area contributed by atoms with Gasteiger partial charge in [0, 0.05) is 29.1 Å². The first-order valence-electron chi connectivity index (χ1n) is 11.3. The number of fused-ring (bicyclic) bond motifs is 2. The van der Waals surface area contributed by atoms with Gasteiger partial charge in [0.1, 0.15) is 11.6 Å². The molecule has 5 rings (SSSR count). The number of H-pyrrole nitrogens is 1. The maximum atomic E-state index is 14.8. The summed E-state index contributed by atoms with van der Waals surface area (Å²) in [6, 6.07) is 5.99. The molecule has 7 nitrogen and oxygen atoms in total. The molecule has 0 aliphatic carbocycles. The van der Waals surface area contributed by atoms with Crippen molar-refractivity contribution in [2.45, 2.75) is 31.7 Å². The second-order valence-electron chi connectivity index (χ2n) is 8.82. The molecule has 1 saturated heterocycles. The van der Waals surface area contributed by atoms with E-state index in [1.807, 2.05) is 13.0 Å². The summed E-state index contributed by atoms with van der Waals surface area (Å²) in [5.74, 6) is -0.0860. The van der Waals surface area contributed by atoms with Crippen molar-refractivity contribution in [1.29, 1.82) is 0 Å². The van der Waals surface area contributed by atoms with Crippen LogP contribution in [0.2, 0.25) is 10.0 Å². The molecule has 1 fully saturated rings. The van der Waals surface area contributed by atoms with Crippen LogP contribution < -0.4 is 16.2 Å². The smallest absolute Gasteiger partial charge is 0.258 e. The number of halogens is 3. The minimum Gasteiger partial charge on any atom is -0.374 e. The van der Waals surface area contributed by atoms with Crippen LogP contribution in [0.4, 0.5) is 10.1 Å². The van der Waals surface area contributed by atoms with Crippen LogP contribution in [0.15, 0.2) is 29.1 Å². The van der Waals surface area contributed by atoms with Crippen LogP contribution in [-0.2, 0) is 11.2 Å². The molecule has 2 aliphatic heterocycles. The van der Waals surface area contributed by atoms with E-state index in [0.29, 0.717) is 34.4 Å². The SMILES string of the molecule is C[C@H]1c2c(Cl)cc(Cl)cc2CCN1C(=O)CNc1cc2nc([C@H]3CCNC3)[nH]c(=O)c2cc1F. The normalized spacial score (nSPS) is 19.9. The van der Waals surface area contributed by atoms with Crippen molar-refractivity contribution >= 4 is 45.7 Å². The summed E-state index contributed by atoms with van der Waals surface area (Å²) < 4.78 is 14.8. The van der Waals surface area contributed by atoms with Crippen LogP contribution in [0.25, 0.3) is 10.9 Å². The summed E-state index contributed by atoms with van der Waals surface area (Å²) in [5, 5.41) is 7.43. The average molecular weight is 504 g/mol. The molecule has 2 aromatic carbocycles. The fourth-order valence-corrected chi connectivity index (χ4v) is 5.60. The number of aromatic nitrogens is 2. The first-order chi connectivity index (χ1) is 16.3. The fourth-order valence-electron chi connectivity index (χ4n) is 4.91. The molecule has 3 heterocycles. The van der Waals surface area contributed by atoms with Crippen LogP contribution >= 0.6 is 23.2 Å². The molecular weight excluding hydrogens is 480 g/mol. The van der Waals surface area contributed by atoms with Gasteiger partial charge in [-0.3, -0.25) is 9.59 Å². The van der Waals surface area contributed by atoms with E-state index in [0.717, 1.165) is 36.7 Å². The van der Waals surface area contributed by atoms with Crippen LogP contribution in [0.3, 0.4) is 0 Å². The van der Waals surface area contributed by atoms with Crippen LogP contribution in [-0.4, -0.2) is 47.0 Å². The van der Waals surface area contributed by atoms with Crippen molar-refractivity contribution in [3.05, 3.63) is 67.4 Å². The highest BCUT2D eigenvalue weighted by Gasteiger charge is 2.29. The molecule has 2 aliphatic rings. The average Bonchev–Trinajstić information content (AvgIpc) is 3.33. The molecule has 3 N–H and O–H groups in total. The Morgan fingerprint density at radius 1 is 1.29 bits per heavy atom. The van der Waals surface area contributed by atoms with Gasteiger partial charge in [0.25, 0.3) is 5.56 Å². The molecule has 0 saturated carbocycles. The lowest BCUT2D eigenvalue weighted by molar-refractivity contribution is -0.131. The van der Waals surface area contributed by atoms with Crippen LogP contribution in [0, 0.1) is 5.82 Å². The molecule has 0 radical (unpaired) electrons. The minimum absolute atomic E-state index is 0.101. The van der Waals surface area contributed by atoms with Gasteiger partial charge in [0.05, 0.1) is 29.2 Å². The summed E-state index contributed by atoms with van der Waals surface area (Å²) in [4.78, 5) is 34.6. The van der Waals surface area contributed by atoms with Crippen molar-refractivity contribution in [1.82, 2.24) is 20.2 Å². The van der Waals surface area contributed by atoms with Crippen molar-refractivity contribution in [3.8, 4) is 0 Å². The maximum Gasteiger partial charge on any atom is 0.258 e. The zero-order valence-electron chi connectivity index (χ0n) is 18.6. The Morgan fingerprint density at radius 2 is 2.12 bits per heavy atom. The largest absolute Gasteiger partial charge is 0.374 e. The van der Waals surface area contributed by atoms with E-state index < -0.39 is 5.82 Å². The lowest BCUT2D eigenvalue weighted by Gasteiger charge is -2.36. The highest BCUT2D eigenvalue weighted by atomic mass is 35.5. The first kappa shape index (κ1) is 23.1. The van der Waals surface area contributed by atoms with Crippen LogP contribution in [0.1, 0.15) is 42.3 Å². The van der Waals surface area contributed by atoms with Crippen molar-refractivity contribution < 1.29 is 9.18 Å². The number of nitrogens with zero attached hydrogens (tertiary/aromatic N) is 2. The summed E-state index contributed by atoms with van der Waals surface area (Å²) in [6.45, 7) is 3.93. The molecule has 1 aromatic heterocycles. The fraction of sp³-hybridized carbons (Fsp3) is 0.375. The maximum absolute atomic E-state index is 14.8. The second-order valence-corrected chi connectivity index (χ2v) is 9.66. The number of hydrogen-bond donors (Lipinski definition) is 3. The van der Waals surface area contributed by atoms with Crippen LogP contribution in [0.5, 0.6) is 0 Å². The highest BCUT2D eigenvalue weighted by molar-refractivity contribution is 6.35. The van der Waals surface area contributed by atoms with Gasteiger partial charge in [-0.2, -0.15) is 0 Å². The molecule has 3 aromatic rings. The zero-order chi connectivity index (χ0) is 24.0. The van der Waals surface area contributed by atoms with Crippen molar-refractivity contribution in [3.63, 3.8) is 0 Å². The quantitative estimate of drug-likeness (QED) is 0.500. The molecule has 10 heteroatoms. The van der Waals surface area contributed by atoms with E-state index in [9.17, 15) is 14.0 Å². The Labute approximate surface area is 205 Å². The third-order valence-electron chi connectivity index (χ3n) is 6.70. The minimum atomic E-state index is -0.613. The van der Waals surface area contributed by atoms with E-state index in [1.54, 1.807) is 11.0 Å². The van der Waals surface area contributed by atoms with E-state index in [2.05, 4.69) is 20.6 Å². The molecular formula is C24H24Cl2FN5O2. The number of benzene rings is 2. The Hall–Kier alpha value is -2.68. The number of nitrogens with one attached hydrogen (secondary N) is 3. The lowest BCUT2D eigenvalue weighted by atomic mass is 9.93. The Morgan fingerprint density at radius 3 is 2.88 bits per heavy atom. The van der Waals surface area contributed by atoms with E-state index in [-0.39, 0.29) is 41.0 Å². The Kier molecular flexibility index (Phi) is 6.22. The third-order valence-corrected chi connectivity index (χ3v) is 7.23. The van der Waals surface area contributed by atoms with Gasteiger partial charge >= 0.3 is 0 Å². The molecule has 2 atom stereocenters. The van der Waals surface area contributed by atoms with Gasteiger partial charge in [-0.1, -0.05) is 23.2 Å². The number of rotatable bonds is 4. The molecule has 34 heavy (non-hydrogen) atoms.